The summed E-state index contributed by atoms with van der Waals surface area (Å²) in [5.74, 6) is 1.70. The lowest BCUT2D eigenvalue weighted by molar-refractivity contribution is 0.0667. The van der Waals surface area contributed by atoms with E-state index < -0.39 is 0 Å². The third-order valence-electron chi connectivity index (χ3n) is 4.00. The second-order valence-corrected chi connectivity index (χ2v) is 6.60. The van der Waals surface area contributed by atoms with Gasteiger partial charge in [-0.3, -0.25) is 0 Å². The molecule has 0 aliphatic rings. The molecule has 1 aromatic carbocycles. The molecule has 1 atom stereocenters. The largest absolute Gasteiger partial charge is 0.490 e. The predicted molar refractivity (Wildman–Crippen MR) is 83.8 cm³/mol. The van der Waals surface area contributed by atoms with E-state index in [1.165, 1.54) is 5.56 Å². The van der Waals surface area contributed by atoms with Gasteiger partial charge in [0.15, 0.2) is 0 Å². The normalized spacial score (nSPS) is 13.6. The summed E-state index contributed by atoms with van der Waals surface area (Å²) < 4.78 is 6.18. The highest BCUT2D eigenvalue weighted by atomic mass is 16.5. The van der Waals surface area contributed by atoms with Gasteiger partial charge >= 0.3 is 0 Å². The monoisotopic (exact) mass is 262 g/mol. The second kappa shape index (κ2) is 6.98. The van der Waals surface area contributed by atoms with E-state index in [1.807, 2.05) is 0 Å². The highest BCUT2D eigenvalue weighted by Gasteiger charge is 2.27. The van der Waals surface area contributed by atoms with Gasteiger partial charge in [0, 0.05) is 5.41 Å². The summed E-state index contributed by atoms with van der Waals surface area (Å²) in [4.78, 5) is 0. The molecule has 0 saturated heterocycles. The Morgan fingerprint density at radius 3 is 2.05 bits per heavy atom. The Balaban J connectivity index is 2.71. The van der Waals surface area contributed by atoms with Crippen LogP contribution in [-0.4, -0.2) is 6.10 Å². The van der Waals surface area contributed by atoms with E-state index in [2.05, 4.69) is 65.8 Å². The topological polar surface area (TPSA) is 9.23 Å². The van der Waals surface area contributed by atoms with E-state index in [0.29, 0.717) is 5.92 Å². The van der Waals surface area contributed by atoms with E-state index in [9.17, 15) is 0 Å². The summed E-state index contributed by atoms with van der Waals surface area (Å²) in [6.07, 6.45) is 3.61. The van der Waals surface area contributed by atoms with Crippen LogP contribution in [0.15, 0.2) is 24.3 Å². The van der Waals surface area contributed by atoms with Crippen LogP contribution in [0.25, 0.3) is 0 Å². The average molecular weight is 262 g/mol. The molecule has 1 aromatic rings. The summed E-state index contributed by atoms with van der Waals surface area (Å²) >= 11 is 0. The lowest BCUT2D eigenvalue weighted by Crippen LogP contribution is -2.33. The van der Waals surface area contributed by atoms with Crippen molar-refractivity contribution in [3.63, 3.8) is 0 Å². The van der Waals surface area contributed by atoms with Crippen LogP contribution in [0.3, 0.4) is 0 Å². The van der Waals surface area contributed by atoms with Crippen LogP contribution in [0.5, 0.6) is 5.75 Å². The minimum absolute atomic E-state index is 0.228. The molecule has 0 N–H and O–H groups in total. The molecule has 0 bridgehead atoms. The van der Waals surface area contributed by atoms with Crippen LogP contribution in [0.4, 0.5) is 0 Å². The van der Waals surface area contributed by atoms with Gasteiger partial charge in [0.1, 0.15) is 11.9 Å². The number of ether oxygens (including phenoxy) is 1. The minimum atomic E-state index is 0.228. The Bertz CT molecular complexity index is 362. The Labute approximate surface area is 119 Å². The van der Waals surface area contributed by atoms with Crippen molar-refractivity contribution >= 4 is 0 Å². The first-order chi connectivity index (χ1) is 8.89. The molecule has 19 heavy (non-hydrogen) atoms. The highest BCUT2D eigenvalue weighted by molar-refractivity contribution is 5.27. The molecule has 1 heteroatoms. The molecule has 1 rings (SSSR count). The molecule has 0 aliphatic heterocycles. The Hall–Kier alpha value is -0.980. The molecule has 0 aromatic heterocycles. The van der Waals surface area contributed by atoms with E-state index in [1.54, 1.807) is 0 Å². The maximum atomic E-state index is 6.18. The molecule has 1 nitrogen and oxygen atoms in total. The third-order valence-corrected chi connectivity index (χ3v) is 4.00. The van der Waals surface area contributed by atoms with Crippen molar-refractivity contribution < 1.29 is 4.74 Å². The summed E-state index contributed by atoms with van der Waals surface area (Å²) in [7, 11) is 0. The fourth-order valence-electron chi connectivity index (χ4n) is 2.36. The third kappa shape index (κ3) is 4.89. The van der Waals surface area contributed by atoms with Gasteiger partial charge in [-0.05, 0) is 42.9 Å². The standard InChI is InChI=1S/C18H30O/c1-7-17(18(5,6)8-2)19-16-11-9-15(10-12-16)13-14(3)4/h9-12,14,17H,7-8,13H2,1-6H3. The molecular weight excluding hydrogens is 232 g/mol. The van der Waals surface area contributed by atoms with Crippen molar-refractivity contribution in [2.24, 2.45) is 11.3 Å². The Kier molecular flexibility index (Phi) is 5.90. The van der Waals surface area contributed by atoms with Gasteiger partial charge in [-0.25, -0.2) is 0 Å². The van der Waals surface area contributed by atoms with Crippen LogP contribution < -0.4 is 4.74 Å². The van der Waals surface area contributed by atoms with Crippen LogP contribution in [0, 0.1) is 11.3 Å². The molecule has 0 aliphatic carbocycles. The second-order valence-electron chi connectivity index (χ2n) is 6.60. The number of rotatable bonds is 7. The fraction of sp³-hybridized carbons (Fsp3) is 0.667. The Morgan fingerprint density at radius 1 is 1.05 bits per heavy atom. The smallest absolute Gasteiger partial charge is 0.119 e. The average Bonchev–Trinajstić information content (AvgIpc) is 2.37. The maximum Gasteiger partial charge on any atom is 0.119 e. The van der Waals surface area contributed by atoms with E-state index >= 15 is 0 Å². The summed E-state index contributed by atoms with van der Waals surface area (Å²) in [5.41, 5.74) is 1.62. The zero-order valence-corrected chi connectivity index (χ0v) is 13.5. The summed E-state index contributed by atoms with van der Waals surface area (Å²) in [5, 5.41) is 0. The molecular formula is C18H30O. The molecule has 0 radical (unpaired) electrons. The van der Waals surface area contributed by atoms with Crippen molar-refractivity contribution in [3.05, 3.63) is 29.8 Å². The quantitative estimate of drug-likeness (QED) is 0.632. The molecule has 0 saturated carbocycles. The van der Waals surface area contributed by atoms with Gasteiger partial charge in [-0.15, -0.1) is 0 Å². The van der Waals surface area contributed by atoms with Gasteiger partial charge in [0.2, 0.25) is 0 Å². The SMILES string of the molecule is CCC(Oc1ccc(CC(C)C)cc1)C(C)(C)CC. The van der Waals surface area contributed by atoms with Crippen molar-refractivity contribution in [1.29, 1.82) is 0 Å². The van der Waals surface area contributed by atoms with Crippen molar-refractivity contribution in [1.82, 2.24) is 0 Å². The number of hydrogen-bond acceptors (Lipinski definition) is 1. The zero-order chi connectivity index (χ0) is 14.5. The predicted octanol–water partition coefficient (Wildman–Crippen LogP) is 5.48. The lowest BCUT2D eigenvalue weighted by atomic mass is 9.82. The first kappa shape index (κ1) is 16.1. The van der Waals surface area contributed by atoms with E-state index in [0.717, 1.165) is 25.0 Å². The van der Waals surface area contributed by atoms with Crippen molar-refractivity contribution in [3.8, 4) is 5.75 Å². The van der Waals surface area contributed by atoms with Crippen LogP contribution in [0.2, 0.25) is 0 Å². The maximum absolute atomic E-state index is 6.18. The number of hydrogen-bond donors (Lipinski definition) is 0. The van der Waals surface area contributed by atoms with Crippen LogP contribution in [0.1, 0.15) is 59.9 Å². The van der Waals surface area contributed by atoms with Gasteiger partial charge in [0.05, 0.1) is 0 Å². The Morgan fingerprint density at radius 2 is 1.63 bits per heavy atom. The molecule has 0 spiro atoms. The van der Waals surface area contributed by atoms with Crippen molar-refractivity contribution in [2.45, 2.75) is 66.9 Å². The van der Waals surface area contributed by atoms with E-state index in [4.69, 9.17) is 4.74 Å². The van der Waals surface area contributed by atoms with Crippen molar-refractivity contribution in [2.75, 3.05) is 0 Å². The molecule has 0 amide bonds. The zero-order valence-electron chi connectivity index (χ0n) is 13.5. The molecule has 0 fully saturated rings. The summed E-state index contributed by atoms with van der Waals surface area (Å²) in [6.45, 7) is 13.5. The summed E-state index contributed by atoms with van der Waals surface area (Å²) in [6, 6.07) is 8.63. The number of benzene rings is 1. The first-order valence-electron chi connectivity index (χ1n) is 7.64. The van der Waals surface area contributed by atoms with Gasteiger partial charge in [-0.2, -0.15) is 0 Å². The fourth-order valence-corrected chi connectivity index (χ4v) is 2.36. The van der Waals surface area contributed by atoms with Crippen LogP contribution in [-0.2, 0) is 6.42 Å². The lowest BCUT2D eigenvalue weighted by Gasteiger charge is -2.33. The van der Waals surface area contributed by atoms with Crippen LogP contribution >= 0.6 is 0 Å². The van der Waals surface area contributed by atoms with E-state index in [-0.39, 0.29) is 11.5 Å². The van der Waals surface area contributed by atoms with Gasteiger partial charge in [0.25, 0.3) is 0 Å². The molecule has 108 valence electrons. The molecule has 0 heterocycles. The molecule has 1 unspecified atom stereocenters. The van der Waals surface area contributed by atoms with Gasteiger partial charge < -0.3 is 4.74 Å². The highest BCUT2D eigenvalue weighted by Crippen LogP contribution is 2.30. The van der Waals surface area contributed by atoms with Gasteiger partial charge in [-0.1, -0.05) is 53.7 Å². The minimum Gasteiger partial charge on any atom is -0.490 e. The first-order valence-corrected chi connectivity index (χ1v) is 7.64.